The molecule has 4 heteroatoms. The molecule has 1 aromatic heterocycles. The number of rotatable bonds is 2. The van der Waals surface area contributed by atoms with Crippen molar-refractivity contribution in [2.45, 2.75) is 0 Å². The van der Waals surface area contributed by atoms with Crippen LogP contribution in [0.25, 0.3) is 11.4 Å². The summed E-state index contributed by atoms with van der Waals surface area (Å²) in [5, 5.41) is 8.97. The van der Waals surface area contributed by atoms with Gasteiger partial charge in [-0.1, -0.05) is 30.3 Å². The minimum atomic E-state index is 0.481. The van der Waals surface area contributed by atoms with E-state index in [9.17, 15) is 0 Å². The van der Waals surface area contributed by atoms with Gasteiger partial charge in [-0.15, -0.1) is 0 Å². The molecule has 4 nitrogen and oxygen atoms in total. The first kappa shape index (κ1) is 11.1. The molecule has 2 aromatic rings. The van der Waals surface area contributed by atoms with Crippen LogP contribution in [0.4, 0.5) is 5.82 Å². The number of aromatic nitrogens is 2. The van der Waals surface area contributed by atoms with Crippen LogP contribution >= 0.6 is 0 Å². The van der Waals surface area contributed by atoms with Crippen LogP contribution in [0.2, 0.25) is 0 Å². The van der Waals surface area contributed by atoms with E-state index in [0.29, 0.717) is 17.2 Å². The van der Waals surface area contributed by atoms with E-state index in [0.717, 1.165) is 5.56 Å². The highest BCUT2D eigenvalue weighted by Gasteiger charge is 2.09. The number of hydrogen-bond donors (Lipinski definition) is 0. The molecule has 2 rings (SSSR count). The maximum Gasteiger partial charge on any atom is 0.161 e. The third-order valence-electron chi connectivity index (χ3n) is 2.34. The highest BCUT2D eigenvalue weighted by atomic mass is 15.2. The van der Waals surface area contributed by atoms with Crippen molar-refractivity contribution in [3.63, 3.8) is 0 Å². The summed E-state index contributed by atoms with van der Waals surface area (Å²) in [7, 11) is 3.72. The van der Waals surface area contributed by atoms with Crippen LogP contribution in [-0.4, -0.2) is 24.1 Å². The lowest BCUT2D eigenvalue weighted by atomic mass is 10.2. The minimum absolute atomic E-state index is 0.481. The van der Waals surface area contributed by atoms with Crippen molar-refractivity contribution in [3.05, 3.63) is 42.1 Å². The summed E-state index contributed by atoms with van der Waals surface area (Å²) in [4.78, 5) is 10.4. The van der Waals surface area contributed by atoms with E-state index in [4.69, 9.17) is 5.26 Å². The molecule has 0 radical (unpaired) electrons. The van der Waals surface area contributed by atoms with Gasteiger partial charge in [0.25, 0.3) is 0 Å². The second-order valence-corrected chi connectivity index (χ2v) is 3.80. The molecule has 1 aromatic carbocycles. The van der Waals surface area contributed by atoms with Gasteiger partial charge in [0.15, 0.2) is 5.82 Å². The quantitative estimate of drug-likeness (QED) is 0.783. The molecule has 0 atom stereocenters. The van der Waals surface area contributed by atoms with Gasteiger partial charge < -0.3 is 4.90 Å². The molecule has 0 saturated carbocycles. The zero-order chi connectivity index (χ0) is 12.3. The first-order valence-corrected chi connectivity index (χ1v) is 5.22. The lowest BCUT2D eigenvalue weighted by Gasteiger charge is -2.13. The van der Waals surface area contributed by atoms with Crippen molar-refractivity contribution in [2.75, 3.05) is 19.0 Å². The molecular weight excluding hydrogens is 212 g/mol. The van der Waals surface area contributed by atoms with Crippen LogP contribution in [0, 0.1) is 11.3 Å². The second-order valence-electron chi connectivity index (χ2n) is 3.80. The van der Waals surface area contributed by atoms with Gasteiger partial charge in [-0.25, -0.2) is 9.97 Å². The maximum atomic E-state index is 8.97. The van der Waals surface area contributed by atoms with E-state index in [1.54, 1.807) is 6.20 Å². The standard InChI is InChI=1S/C13H12N4/c1-17(2)13-11(8-14)9-15-12(16-13)10-6-4-3-5-7-10/h3-7,9H,1-2H3. The van der Waals surface area contributed by atoms with Crippen LogP contribution in [0.1, 0.15) is 5.56 Å². The van der Waals surface area contributed by atoms with Crippen molar-refractivity contribution in [1.82, 2.24) is 9.97 Å². The number of nitriles is 1. The van der Waals surface area contributed by atoms with Crippen molar-refractivity contribution in [1.29, 1.82) is 5.26 Å². The van der Waals surface area contributed by atoms with E-state index >= 15 is 0 Å². The molecule has 17 heavy (non-hydrogen) atoms. The summed E-state index contributed by atoms with van der Waals surface area (Å²) in [6.45, 7) is 0. The average Bonchev–Trinajstić information content (AvgIpc) is 2.39. The molecule has 1 heterocycles. The van der Waals surface area contributed by atoms with Crippen molar-refractivity contribution < 1.29 is 0 Å². The first-order chi connectivity index (χ1) is 8.22. The van der Waals surface area contributed by atoms with Crippen LogP contribution in [0.5, 0.6) is 0 Å². The fraction of sp³-hybridized carbons (Fsp3) is 0.154. The molecule has 0 amide bonds. The van der Waals surface area contributed by atoms with Crippen molar-refractivity contribution in [2.24, 2.45) is 0 Å². The summed E-state index contributed by atoms with van der Waals surface area (Å²) in [6, 6.07) is 11.8. The average molecular weight is 224 g/mol. The number of anilines is 1. The Morgan fingerprint density at radius 2 is 1.88 bits per heavy atom. The van der Waals surface area contributed by atoms with Gasteiger partial charge in [0.05, 0.1) is 6.20 Å². The van der Waals surface area contributed by atoms with Gasteiger partial charge in [-0.05, 0) is 0 Å². The van der Waals surface area contributed by atoms with Crippen LogP contribution in [0.15, 0.2) is 36.5 Å². The summed E-state index contributed by atoms with van der Waals surface area (Å²) >= 11 is 0. The number of benzene rings is 1. The zero-order valence-corrected chi connectivity index (χ0v) is 9.75. The van der Waals surface area contributed by atoms with Crippen LogP contribution in [0.3, 0.4) is 0 Å². The van der Waals surface area contributed by atoms with Gasteiger partial charge in [-0.3, -0.25) is 0 Å². The molecule has 0 unspecified atom stereocenters. The molecule has 0 fully saturated rings. The fourth-order valence-electron chi connectivity index (χ4n) is 1.52. The van der Waals surface area contributed by atoms with E-state index in [2.05, 4.69) is 16.0 Å². The Hall–Kier alpha value is -2.41. The topological polar surface area (TPSA) is 52.8 Å². The second kappa shape index (κ2) is 4.62. The smallest absolute Gasteiger partial charge is 0.161 e. The predicted molar refractivity (Wildman–Crippen MR) is 66.5 cm³/mol. The normalized spacial score (nSPS) is 9.71. The largest absolute Gasteiger partial charge is 0.362 e. The summed E-state index contributed by atoms with van der Waals surface area (Å²) in [5.41, 5.74) is 1.43. The van der Waals surface area contributed by atoms with E-state index < -0.39 is 0 Å². The Balaban J connectivity index is 2.53. The van der Waals surface area contributed by atoms with Crippen molar-refractivity contribution in [3.8, 4) is 17.5 Å². The molecule has 0 aliphatic carbocycles. The summed E-state index contributed by atoms with van der Waals surface area (Å²) in [6.07, 6.45) is 1.56. The van der Waals surface area contributed by atoms with Gasteiger partial charge >= 0.3 is 0 Å². The van der Waals surface area contributed by atoms with E-state index in [1.807, 2.05) is 49.3 Å². The first-order valence-electron chi connectivity index (χ1n) is 5.22. The lowest BCUT2D eigenvalue weighted by molar-refractivity contribution is 1.03. The zero-order valence-electron chi connectivity index (χ0n) is 9.75. The third kappa shape index (κ3) is 2.23. The van der Waals surface area contributed by atoms with E-state index in [1.165, 1.54) is 0 Å². The summed E-state index contributed by atoms with van der Waals surface area (Å²) in [5.74, 6) is 1.27. The highest BCUT2D eigenvalue weighted by molar-refractivity contribution is 5.60. The molecule has 0 aliphatic rings. The van der Waals surface area contributed by atoms with Gasteiger partial charge in [0.1, 0.15) is 17.5 Å². The van der Waals surface area contributed by atoms with E-state index in [-0.39, 0.29) is 0 Å². The van der Waals surface area contributed by atoms with Gasteiger partial charge in [0.2, 0.25) is 0 Å². The Kier molecular flexibility index (Phi) is 3.01. The number of nitrogens with zero attached hydrogens (tertiary/aromatic N) is 4. The molecule has 0 spiro atoms. The molecule has 0 aliphatic heterocycles. The molecule has 0 N–H and O–H groups in total. The van der Waals surface area contributed by atoms with Gasteiger partial charge in [0, 0.05) is 19.7 Å². The molecule has 0 bridgehead atoms. The van der Waals surface area contributed by atoms with Crippen LogP contribution in [-0.2, 0) is 0 Å². The highest BCUT2D eigenvalue weighted by Crippen LogP contribution is 2.19. The fourth-order valence-corrected chi connectivity index (χ4v) is 1.52. The third-order valence-corrected chi connectivity index (χ3v) is 2.34. The SMILES string of the molecule is CN(C)c1nc(-c2ccccc2)ncc1C#N. The maximum absolute atomic E-state index is 8.97. The molecule has 84 valence electrons. The lowest BCUT2D eigenvalue weighted by Crippen LogP contribution is -2.13. The summed E-state index contributed by atoms with van der Waals surface area (Å²) < 4.78 is 0. The van der Waals surface area contributed by atoms with Crippen molar-refractivity contribution >= 4 is 5.82 Å². The number of hydrogen-bond acceptors (Lipinski definition) is 4. The Bertz CT molecular complexity index is 555. The monoisotopic (exact) mass is 224 g/mol. The van der Waals surface area contributed by atoms with Gasteiger partial charge in [-0.2, -0.15) is 5.26 Å². The Morgan fingerprint density at radius 3 is 2.47 bits per heavy atom. The molecule has 0 saturated heterocycles. The minimum Gasteiger partial charge on any atom is -0.362 e. The Labute approximate surface area is 100 Å². The van der Waals surface area contributed by atoms with Crippen LogP contribution < -0.4 is 4.90 Å². The molecular formula is C13H12N4. The Morgan fingerprint density at radius 1 is 1.18 bits per heavy atom. The predicted octanol–water partition coefficient (Wildman–Crippen LogP) is 2.08.